The average molecular weight is 320 g/mol. The Morgan fingerprint density at radius 2 is 1.88 bits per heavy atom. The van der Waals surface area contributed by atoms with Gasteiger partial charge < -0.3 is 8.98 Å². The Morgan fingerprint density at radius 1 is 1.04 bits per heavy atom. The first-order chi connectivity index (χ1) is 11.6. The molecule has 0 unspecified atom stereocenters. The molecule has 0 aliphatic rings. The van der Waals surface area contributed by atoms with Gasteiger partial charge in [-0.05, 0) is 55.3 Å². The lowest BCUT2D eigenvalue weighted by Crippen LogP contribution is -2.03. The van der Waals surface area contributed by atoms with Gasteiger partial charge in [0, 0.05) is 0 Å². The molecule has 0 bridgehead atoms. The van der Waals surface area contributed by atoms with E-state index in [1.807, 2.05) is 35.8 Å². The molecule has 4 heteroatoms. The predicted octanol–water partition coefficient (Wildman–Crippen LogP) is 5.10. The summed E-state index contributed by atoms with van der Waals surface area (Å²) in [5, 5.41) is 0. The Hall–Kier alpha value is -2.88. The lowest BCUT2D eigenvalue weighted by Gasteiger charge is -2.10. The largest absolute Gasteiger partial charge is 0.458 e. The SMILES string of the molecule is Cc1ccc(-c2nc3ccc(F)cc3n2Cc2ccccc2C)o1. The molecule has 0 fully saturated rings. The summed E-state index contributed by atoms with van der Waals surface area (Å²) in [6, 6.07) is 16.7. The van der Waals surface area contributed by atoms with Crippen molar-refractivity contribution in [1.82, 2.24) is 9.55 Å². The number of imidazole rings is 1. The summed E-state index contributed by atoms with van der Waals surface area (Å²) in [5.41, 5.74) is 3.89. The number of rotatable bonds is 3. The van der Waals surface area contributed by atoms with Gasteiger partial charge in [0.25, 0.3) is 0 Å². The summed E-state index contributed by atoms with van der Waals surface area (Å²) in [5.74, 6) is 1.96. The van der Waals surface area contributed by atoms with Crippen LogP contribution in [-0.2, 0) is 6.54 Å². The Morgan fingerprint density at radius 3 is 2.62 bits per heavy atom. The van der Waals surface area contributed by atoms with Crippen LogP contribution in [0.2, 0.25) is 0 Å². The van der Waals surface area contributed by atoms with Crippen molar-refractivity contribution in [2.24, 2.45) is 0 Å². The summed E-state index contributed by atoms with van der Waals surface area (Å²) >= 11 is 0. The van der Waals surface area contributed by atoms with Crippen molar-refractivity contribution in [2.45, 2.75) is 20.4 Å². The van der Waals surface area contributed by atoms with Gasteiger partial charge in [0.05, 0.1) is 17.6 Å². The van der Waals surface area contributed by atoms with Gasteiger partial charge in [0.2, 0.25) is 0 Å². The Labute approximate surface area is 139 Å². The first-order valence-corrected chi connectivity index (χ1v) is 7.89. The van der Waals surface area contributed by atoms with E-state index in [9.17, 15) is 4.39 Å². The van der Waals surface area contributed by atoms with Crippen LogP contribution < -0.4 is 0 Å². The number of furan rings is 1. The zero-order chi connectivity index (χ0) is 16.7. The molecular weight excluding hydrogens is 303 g/mol. The summed E-state index contributed by atoms with van der Waals surface area (Å²) in [6.45, 7) is 4.59. The fraction of sp³-hybridized carbons (Fsp3) is 0.150. The van der Waals surface area contributed by atoms with E-state index in [1.54, 1.807) is 6.07 Å². The molecule has 0 aliphatic heterocycles. The van der Waals surface area contributed by atoms with Crippen LogP contribution in [0.5, 0.6) is 0 Å². The smallest absolute Gasteiger partial charge is 0.177 e. The number of benzene rings is 2. The Balaban J connectivity index is 1.93. The number of hydrogen-bond donors (Lipinski definition) is 0. The summed E-state index contributed by atoms with van der Waals surface area (Å²) in [6.07, 6.45) is 0. The van der Waals surface area contributed by atoms with E-state index in [4.69, 9.17) is 4.42 Å². The molecular formula is C20H17FN2O. The van der Waals surface area contributed by atoms with Gasteiger partial charge in [-0.15, -0.1) is 0 Å². The summed E-state index contributed by atoms with van der Waals surface area (Å²) in [7, 11) is 0. The molecule has 24 heavy (non-hydrogen) atoms. The molecule has 0 saturated carbocycles. The van der Waals surface area contributed by atoms with Crippen LogP contribution in [0.1, 0.15) is 16.9 Å². The van der Waals surface area contributed by atoms with Crippen LogP contribution in [0.3, 0.4) is 0 Å². The van der Waals surface area contributed by atoms with Crippen LogP contribution in [0, 0.1) is 19.7 Å². The van der Waals surface area contributed by atoms with Gasteiger partial charge in [-0.2, -0.15) is 0 Å². The van der Waals surface area contributed by atoms with Crippen LogP contribution in [-0.4, -0.2) is 9.55 Å². The monoisotopic (exact) mass is 320 g/mol. The highest BCUT2D eigenvalue weighted by Crippen LogP contribution is 2.28. The van der Waals surface area contributed by atoms with Crippen molar-refractivity contribution in [1.29, 1.82) is 0 Å². The molecule has 0 radical (unpaired) electrons. The maximum Gasteiger partial charge on any atom is 0.177 e. The minimum Gasteiger partial charge on any atom is -0.458 e. The van der Waals surface area contributed by atoms with E-state index < -0.39 is 0 Å². The second kappa shape index (κ2) is 5.64. The van der Waals surface area contributed by atoms with E-state index in [0.717, 1.165) is 16.8 Å². The van der Waals surface area contributed by atoms with E-state index in [0.29, 0.717) is 18.1 Å². The summed E-state index contributed by atoms with van der Waals surface area (Å²) < 4.78 is 21.6. The van der Waals surface area contributed by atoms with Gasteiger partial charge in [-0.3, -0.25) is 0 Å². The van der Waals surface area contributed by atoms with Crippen molar-refractivity contribution < 1.29 is 8.81 Å². The van der Waals surface area contributed by atoms with Crippen molar-refractivity contribution in [3.8, 4) is 11.6 Å². The molecule has 2 heterocycles. The van der Waals surface area contributed by atoms with Crippen LogP contribution in [0.15, 0.2) is 59.0 Å². The number of aryl methyl sites for hydroxylation is 2. The predicted molar refractivity (Wildman–Crippen MR) is 92.4 cm³/mol. The van der Waals surface area contributed by atoms with Crippen LogP contribution in [0.4, 0.5) is 4.39 Å². The Kier molecular flexibility index (Phi) is 3.45. The standard InChI is InChI=1S/C20H17FN2O/c1-13-5-3-4-6-15(13)12-23-18-11-16(21)8-9-17(18)22-20(23)19-10-7-14(2)24-19/h3-11H,12H2,1-2H3. The van der Waals surface area contributed by atoms with Crippen molar-refractivity contribution >= 4 is 11.0 Å². The third-order valence-corrected chi connectivity index (χ3v) is 4.26. The number of nitrogens with zero attached hydrogens (tertiary/aromatic N) is 2. The third-order valence-electron chi connectivity index (χ3n) is 4.26. The quantitative estimate of drug-likeness (QED) is 0.526. The normalized spacial score (nSPS) is 11.3. The van der Waals surface area contributed by atoms with Crippen LogP contribution in [0.25, 0.3) is 22.6 Å². The lowest BCUT2D eigenvalue weighted by molar-refractivity contribution is 0.540. The maximum atomic E-state index is 13.8. The number of halogens is 1. The molecule has 0 amide bonds. The summed E-state index contributed by atoms with van der Waals surface area (Å²) in [4.78, 5) is 4.67. The van der Waals surface area contributed by atoms with E-state index in [2.05, 4.69) is 24.0 Å². The zero-order valence-electron chi connectivity index (χ0n) is 13.6. The Bertz CT molecular complexity index is 1030. The fourth-order valence-electron chi connectivity index (χ4n) is 2.96. The fourth-order valence-corrected chi connectivity index (χ4v) is 2.96. The van der Waals surface area contributed by atoms with Gasteiger partial charge in [0.15, 0.2) is 11.6 Å². The molecule has 3 nitrogen and oxygen atoms in total. The lowest BCUT2D eigenvalue weighted by atomic mass is 10.1. The maximum absolute atomic E-state index is 13.8. The molecule has 0 aliphatic carbocycles. The van der Waals surface area contributed by atoms with Crippen molar-refractivity contribution in [3.05, 3.63) is 77.3 Å². The molecule has 2 aromatic heterocycles. The topological polar surface area (TPSA) is 31.0 Å². The minimum absolute atomic E-state index is 0.268. The first-order valence-electron chi connectivity index (χ1n) is 7.89. The molecule has 120 valence electrons. The molecule has 0 saturated heterocycles. The van der Waals surface area contributed by atoms with Gasteiger partial charge in [-0.25, -0.2) is 9.37 Å². The highest BCUT2D eigenvalue weighted by Gasteiger charge is 2.16. The first kappa shape index (κ1) is 14.7. The number of fused-ring (bicyclic) bond motifs is 1. The van der Waals surface area contributed by atoms with E-state index >= 15 is 0 Å². The minimum atomic E-state index is -0.268. The van der Waals surface area contributed by atoms with Crippen molar-refractivity contribution in [2.75, 3.05) is 0 Å². The van der Waals surface area contributed by atoms with E-state index in [-0.39, 0.29) is 5.82 Å². The number of hydrogen-bond acceptors (Lipinski definition) is 2. The molecule has 4 rings (SSSR count). The zero-order valence-corrected chi connectivity index (χ0v) is 13.6. The second-order valence-electron chi connectivity index (χ2n) is 5.99. The third kappa shape index (κ3) is 2.50. The van der Waals surface area contributed by atoms with Crippen LogP contribution >= 0.6 is 0 Å². The molecule has 0 N–H and O–H groups in total. The van der Waals surface area contributed by atoms with E-state index in [1.165, 1.54) is 23.3 Å². The average Bonchev–Trinajstić information content (AvgIpc) is 3.14. The van der Waals surface area contributed by atoms with Crippen molar-refractivity contribution in [3.63, 3.8) is 0 Å². The second-order valence-corrected chi connectivity index (χ2v) is 5.99. The number of aromatic nitrogens is 2. The molecule has 0 spiro atoms. The highest BCUT2D eigenvalue weighted by atomic mass is 19.1. The van der Waals surface area contributed by atoms with Gasteiger partial charge in [-0.1, -0.05) is 24.3 Å². The highest BCUT2D eigenvalue weighted by molar-refractivity contribution is 5.80. The molecule has 2 aromatic carbocycles. The van der Waals surface area contributed by atoms with Gasteiger partial charge >= 0.3 is 0 Å². The molecule has 0 atom stereocenters. The molecule has 4 aromatic rings. The van der Waals surface area contributed by atoms with Gasteiger partial charge in [0.1, 0.15) is 11.6 Å².